The second-order valence-corrected chi connectivity index (χ2v) is 10.4. The molecule has 11 heteroatoms. The summed E-state index contributed by atoms with van der Waals surface area (Å²) < 4.78 is 0. The number of rotatable bonds is 6. The van der Waals surface area contributed by atoms with Gasteiger partial charge in [0.25, 0.3) is 0 Å². The Labute approximate surface area is 217 Å². The van der Waals surface area contributed by atoms with Gasteiger partial charge < -0.3 is 5.11 Å². The molecule has 0 bridgehead atoms. The number of nitrogens with one attached hydrogen (secondary N) is 1. The summed E-state index contributed by atoms with van der Waals surface area (Å²) in [4.78, 5) is 88.6. The lowest BCUT2D eigenvalue weighted by atomic mass is 9.82. The monoisotopic (exact) mass is 522 g/mol. The molecule has 0 aromatic rings. The third-order valence-corrected chi connectivity index (χ3v) is 7.03. The molecule has 0 saturated heterocycles. The van der Waals surface area contributed by atoms with Crippen LogP contribution < -0.4 is 5.84 Å². The molecule has 0 spiro atoms. The van der Waals surface area contributed by atoms with E-state index in [9.17, 15) is 38.7 Å². The smallest absolute Gasteiger partial charge is 0.304 e. The van der Waals surface area contributed by atoms with E-state index in [0.717, 1.165) is 4.81 Å². The molecule has 1 aliphatic carbocycles. The molecule has 0 aliphatic heterocycles. The Morgan fingerprint density at radius 3 is 1.76 bits per heavy atom. The molecular weight excluding hydrogens is 482 g/mol. The summed E-state index contributed by atoms with van der Waals surface area (Å²) in [6.45, 7) is 4.90. The Morgan fingerprint density at radius 1 is 0.784 bits per heavy atom. The second kappa shape index (κ2) is 15.2. The zero-order valence-corrected chi connectivity index (χ0v) is 22.0. The third kappa shape index (κ3) is 11.7. The minimum absolute atomic E-state index is 0.0794. The Hall–Kier alpha value is -3.11. The molecular formula is C26H40N3O8+. The van der Waals surface area contributed by atoms with Crippen LogP contribution in [0.2, 0.25) is 0 Å². The molecule has 1 aliphatic rings. The van der Waals surface area contributed by atoms with E-state index in [2.05, 4.69) is 0 Å². The Kier molecular flexibility index (Phi) is 13.1. The van der Waals surface area contributed by atoms with Crippen LogP contribution in [0.25, 0.3) is 0 Å². The van der Waals surface area contributed by atoms with Crippen molar-refractivity contribution in [3.05, 3.63) is 0 Å². The number of carbonyl (C=O) groups excluding carboxylic acids is 6. The van der Waals surface area contributed by atoms with E-state index in [1.165, 1.54) is 6.92 Å². The summed E-state index contributed by atoms with van der Waals surface area (Å²) >= 11 is 0. The van der Waals surface area contributed by atoms with Gasteiger partial charge in [0, 0.05) is 81.0 Å². The van der Waals surface area contributed by atoms with Gasteiger partial charge in [-0.25, -0.2) is 0 Å². The lowest BCUT2D eigenvalue weighted by molar-refractivity contribution is -0.626. The Morgan fingerprint density at radius 2 is 1.27 bits per heavy atom. The molecule has 0 aromatic heterocycles. The van der Waals surface area contributed by atoms with Crippen molar-refractivity contribution < 1.29 is 43.5 Å². The Bertz CT molecular complexity index is 929. The van der Waals surface area contributed by atoms with Crippen molar-refractivity contribution in [2.45, 2.75) is 85.0 Å². The van der Waals surface area contributed by atoms with Crippen LogP contribution >= 0.6 is 0 Å². The molecule has 0 aromatic carbocycles. The maximum absolute atomic E-state index is 12.9. The molecule has 1 fully saturated rings. The number of ketones is 6. The molecule has 11 nitrogen and oxygen atoms in total. The van der Waals surface area contributed by atoms with E-state index in [-0.39, 0.29) is 81.0 Å². The van der Waals surface area contributed by atoms with Crippen LogP contribution in [0.15, 0.2) is 0 Å². The molecule has 3 unspecified atom stereocenters. The van der Waals surface area contributed by atoms with E-state index in [4.69, 9.17) is 11.4 Å². The van der Waals surface area contributed by atoms with Crippen molar-refractivity contribution in [3.8, 4) is 0 Å². The largest absolute Gasteiger partial charge is 0.481 e. The lowest BCUT2D eigenvalue weighted by Crippen LogP contribution is -2.29. The third-order valence-electron chi connectivity index (χ3n) is 7.03. The maximum Gasteiger partial charge on any atom is 0.304 e. The van der Waals surface area contributed by atoms with Crippen molar-refractivity contribution in [1.82, 2.24) is 0 Å². The van der Waals surface area contributed by atoms with Gasteiger partial charge in [-0.05, 0) is 16.8 Å². The van der Waals surface area contributed by atoms with Gasteiger partial charge in [0.05, 0.1) is 6.42 Å². The summed E-state index contributed by atoms with van der Waals surface area (Å²) in [6.07, 6.45) is -1.19. The topological polar surface area (TPSA) is 193 Å². The van der Waals surface area contributed by atoms with Gasteiger partial charge in [0.1, 0.15) is 34.7 Å². The summed E-state index contributed by atoms with van der Waals surface area (Å²) in [5.41, 5.74) is 7.29. The van der Waals surface area contributed by atoms with Gasteiger partial charge in [-0.15, -0.1) is 0 Å². The van der Waals surface area contributed by atoms with Crippen LogP contribution in [0.4, 0.5) is 0 Å². The summed E-state index contributed by atoms with van der Waals surface area (Å²) in [6, 6.07) is 0. The van der Waals surface area contributed by atoms with Crippen molar-refractivity contribution in [3.63, 3.8) is 0 Å². The first-order valence-corrected chi connectivity index (χ1v) is 12.8. The molecule has 0 radical (unpaired) electrons. The van der Waals surface area contributed by atoms with Crippen molar-refractivity contribution in [2.24, 2.45) is 35.4 Å². The number of aliphatic carboxylic acids is 1. The summed E-state index contributed by atoms with van der Waals surface area (Å²) in [7, 11) is 0. The van der Waals surface area contributed by atoms with Crippen molar-refractivity contribution in [1.29, 1.82) is 5.53 Å². The SMILES string of the molecule is CC1CC(=O)C(C)CC(=O)[C@H](CC(=O)O)CC(=O)CCC(=O)[C@H](CCC[N+](=N)N)CC(=O)C(C)CC1=O. The number of carboxylic acids is 1. The highest BCUT2D eigenvalue weighted by molar-refractivity contribution is 5.97. The second-order valence-electron chi connectivity index (χ2n) is 10.4. The molecule has 1 rings (SSSR count). The number of Topliss-reactive ketones (excluding diaryl/α,β-unsaturated/α-hetero) is 6. The molecule has 0 heterocycles. The van der Waals surface area contributed by atoms with Gasteiger partial charge in [-0.3, -0.25) is 33.6 Å². The van der Waals surface area contributed by atoms with Gasteiger partial charge in [0.15, 0.2) is 6.54 Å². The highest BCUT2D eigenvalue weighted by Crippen LogP contribution is 2.24. The minimum Gasteiger partial charge on any atom is -0.481 e. The average molecular weight is 523 g/mol. The van der Waals surface area contributed by atoms with Crippen molar-refractivity contribution >= 4 is 40.7 Å². The first-order chi connectivity index (χ1) is 17.2. The van der Waals surface area contributed by atoms with E-state index in [1.807, 2.05) is 0 Å². The van der Waals surface area contributed by atoms with Crippen LogP contribution in [0.5, 0.6) is 0 Å². The zero-order chi connectivity index (χ0) is 28.3. The quantitative estimate of drug-likeness (QED) is 0.203. The fourth-order valence-corrected chi connectivity index (χ4v) is 4.50. The zero-order valence-electron chi connectivity index (χ0n) is 22.0. The fourth-order valence-electron chi connectivity index (χ4n) is 4.50. The summed E-state index contributed by atoms with van der Waals surface area (Å²) in [5.74, 6) is -1.95. The molecule has 206 valence electrons. The molecule has 5 atom stereocenters. The van der Waals surface area contributed by atoms with Gasteiger partial charge in [-0.1, -0.05) is 20.8 Å². The minimum atomic E-state index is -1.25. The highest BCUT2D eigenvalue weighted by atomic mass is 16.4. The maximum atomic E-state index is 12.9. The van der Waals surface area contributed by atoms with Gasteiger partial charge in [-0.2, -0.15) is 5.84 Å². The van der Waals surface area contributed by atoms with Crippen LogP contribution in [0.1, 0.15) is 85.0 Å². The van der Waals surface area contributed by atoms with Gasteiger partial charge in [0.2, 0.25) is 0 Å². The van der Waals surface area contributed by atoms with E-state index in [0.29, 0.717) is 6.42 Å². The number of carbonyl (C=O) groups is 7. The number of nitrogens with two attached hydrogens (primary N) is 1. The number of nitrogens with zero attached hydrogens (tertiary/aromatic N) is 1. The first kappa shape index (κ1) is 31.9. The van der Waals surface area contributed by atoms with Crippen LogP contribution in [0.3, 0.4) is 0 Å². The summed E-state index contributed by atoms with van der Waals surface area (Å²) in [5, 5.41) is 9.21. The molecule has 37 heavy (non-hydrogen) atoms. The van der Waals surface area contributed by atoms with E-state index in [1.54, 1.807) is 13.8 Å². The van der Waals surface area contributed by atoms with Crippen molar-refractivity contribution in [2.75, 3.05) is 6.54 Å². The van der Waals surface area contributed by atoms with Crippen LogP contribution in [-0.4, -0.2) is 57.1 Å². The highest BCUT2D eigenvalue weighted by Gasteiger charge is 2.31. The molecule has 0 amide bonds. The van der Waals surface area contributed by atoms with Crippen LogP contribution in [-0.2, 0) is 33.6 Å². The fraction of sp³-hybridized carbons (Fsp3) is 0.731. The van der Waals surface area contributed by atoms with E-state index < -0.39 is 53.5 Å². The van der Waals surface area contributed by atoms with E-state index >= 15 is 0 Å². The standard InChI is InChI=1S/C26H39N3O8/c1-15-9-23(33)17(3)11-25(35)19(14-26(36)37)12-20(30)6-7-21(31)18(5-4-8-29(27)28)13-24(34)16(2)10-22(15)32/h15-19H,4-14H2,1-3H3,(H3-,27,28,36,37)/p+1/t15?,16?,17?,18-,19+/m1/s1. The lowest BCUT2D eigenvalue weighted by Gasteiger charge is -2.20. The van der Waals surface area contributed by atoms with Gasteiger partial charge >= 0.3 is 5.97 Å². The normalized spacial score (nSPS) is 28.0. The average Bonchev–Trinajstić information content (AvgIpc) is 2.79. The number of hydrogen-bond acceptors (Lipinski definition) is 8. The predicted molar refractivity (Wildman–Crippen MR) is 130 cm³/mol. The van der Waals surface area contributed by atoms with Crippen LogP contribution in [0, 0.1) is 35.1 Å². The Balaban J connectivity index is 3.18. The number of carboxylic acid groups (broad SMARTS) is 1. The number of hydrogen-bond donors (Lipinski definition) is 3. The predicted octanol–water partition coefficient (Wildman–Crippen LogP) is 2.46. The first-order valence-electron chi connectivity index (χ1n) is 12.8. The number of hydrazine groups is 1. The molecule has 4 N–H and O–H groups in total. The molecule has 1 saturated carbocycles.